The van der Waals surface area contributed by atoms with Crippen LogP contribution in [-0.2, 0) is 0 Å². The first-order valence-corrected chi connectivity index (χ1v) is 9.73. The van der Waals surface area contributed by atoms with Crippen LogP contribution in [-0.4, -0.2) is 43.3 Å². The Labute approximate surface area is 174 Å². The Hall–Kier alpha value is -3.94. The van der Waals surface area contributed by atoms with Gasteiger partial charge in [0.05, 0.1) is 23.1 Å². The summed E-state index contributed by atoms with van der Waals surface area (Å²) < 4.78 is 3.69. The van der Waals surface area contributed by atoms with Crippen LogP contribution >= 0.6 is 0 Å². The first-order valence-electron chi connectivity index (χ1n) is 9.73. The van der Waals surface area contributed by atoms with E-state index >= 15 is 0 Å². The van der Waals surface area contributed by atoms with E-state index in [1.54, 1.807) is 10.9 Å². The molecule has 0 radical (unpaired) electrons. The van der Waals surface area contributed by atoms with Gasteiger partial charge in [0.2, 0.25) is 0 Å². The Balaban J connectivity index is 1.34. The molecule has 30 heavy (non-hydrogen) atoms. The second kappa shape index (κ2) is 8.60. The highest BCUT2D eigenvalue weighted by Crippen LogP contribution is 2.14. The Morgan fingerprint density at radius 3 is 2.53 bits per heavy atom. The third-order valence-corrected chi connectivity index (χ3v) is 4.67. The van der Waals surface area contributed by atoms with Crippen LogP contribution in [0.25, 0.3) is 11.5 Å². The molecule has 8 nitrogen and oxygen atoms in total. The number of carbonyl (C=O) groups excluding carboxylic acids is 1. The van der Waals surface area contributed by atoms with Crippen LogP contribution in [0.2, 0.25) is 0 Å². The summed E-state index contributed by atoms with van der Waals surface area (Å²) in [4.78, 5) is 21.4. The molecule has 0 saturated carbocycles. The molecule has 0 fully saturated rings. The largest absolute Gasteiger partial charge is 0.368 e. The van der Waals surface area contributed by atoms with Crippen molar-refractivity contribution in [2.45, 2.75) is 13.8 Å². The molecule has 3 aromatic heterocycles. The molecule has 0 spiro atoms. The summed E-state index contributed by atoms with van der Waals surface area (Å²) in [5, 5.41) is 10.5. The number of benzene rings is 1. The van der Waals surface area contributed by atoms with E-state index in [4.69, 9.17) is 0 Å². The van der Waals surface area contributed by atoms with Gasteiger partial charge in [0.25, 0.3) is 5.91 Å². The molecule has 0 bridgehead atoms. The molecule has 1 aromatic carbocycles. The van der Waals surface area contributed by atoms with Crippen LogP contribution < -0.4 is 10.6 Å². The van der Waals surface area contributed by atoms with Gasteiger partial charge in [-0.25, -0.2) is 14.6 Å². The summed E-state index contributed by atoms with van der Waals surface area (Å²) in [6.07, 6.45) is 5.47. The quantitative estimate of drug-likeness (QED) is 0.465. The first kappa shape index (κ1) is 19.4. The maximum Gasteiger partial charge on any atom is 0.254 e. The van der Waals surface area contributed by atoms with Gasteiger partial charge in [-0.05, 0) is 38.1 Å². The fraction of sp³-hybridized carbons (Fsp3) is 0.182. The average molecular weight is 401 g/mol. The SMILES string of the molecule is Cc1nc(NCCNC(=O)c2cnn(-c3ccccc3)c2C)cc(-n2cccc2)n1. The Kier molecular flexibility index (Phi) is 5.56. The lowest BCUT2D eigenvalue weighted by atomic mass is 10.2. The van der Waals surface area contributed by atoms with Crippen molar-refractivity contribution < 1.29 is 4.79 Å². The minimum absolute atomic E-state index is 0.150. The number of para-hydroxylation sites is 1. The van der Waals surface area contributed by atoms with Crippen molar-refractivity contribution >= 4 is 11.7 Å². The summed E-state index contributed by atoms with van der Waals surface area (Å²) in [7, 11) is 0. The van der Waals surface area contributed by atoms with Gasteiger partial charge in [-0.2, -0.15) is 5.10 Å². The van der Waals surface area contributed by atoms with Gasteiger partial charge in [0, 0.05) is 31.5 Å². The number of aromatic nitrogens is 5. The first-order chi connectivity index (χ1) is 14.6. The second-order valence-electron chi connectivity index (χ2n) is 6.82. The molecule has 152 valence electrons. The third kappa shape index (κ3) is 4.22. The highest BCUT2D eigenvalue weighted by molar-refractivity contribution is 5.95. The molecule has 0 aliphatic rings. The Morgan fingerprint density at radius 1 is 1.00 bits per heavy atom. The normalized spacial score (nSPS) is 10.7. The van der Waals surface area contributed by atoms with E-state index in [9.17, 15) is 4.79 Å². The summed E-state index contributed by atoms with van der Waals surface area (Å²) in [6, 6.07) is 15.5. The number of carbonyl (C=O) groups is 1. The van der Waals surface area contributed by atoms with Crippen molar-refractivity contribution in [3.63, 3.8) is 0 Å². The van der Waals surface area contributed by atoms with Gasteiger partial charge in [0.1, 0.15) is 17.5 Å². The molecular weight excluding hydrogens is 378 g/mol. The summed E-state index contributed by atoms with van der Waals surface area (Å²) in [5.74, 6) is 2.04. The van der Waals surface area contributed by atoms with Crippen LogP contribution in [0.3, 0.4) is 0 Å². The van der Waals surface area contributed by atoms with Gasteiger partial charge < -0.3 is 15.2 Å². The van der Waals surface area contributed by atoms with Crippen molar-refractivity contribution in [1.29, 1.82) is 0 Å². The summed E-state index contributed by atoms with van der Waals surface area (Å²) >= 11 is 0. The van der Waals surface area contributed by atoms with E-state index in [-0.39, 0.29) is 5.91 Å². The van der Waals surface area contributed by atoms with E-state index < -0.39 is 0 Å². The standard InChI is InChI=1S/C22H23N7O/c1-16-19(15-25-29(16)18-8-4-3-5-9-18)22(30)24-11-10-23-20-14-21(27-17(2)26-20)28-12-6-7-13-28/h3-9,12-15H,10-11H2,1-2H3,(H,24,30)(H,23,26,27). The lowest BCUT2D eigenvalue weighted by molar-refractivity contribution is 0.0954. The minimum Gasteiger partial charge on any atom is -0.368 e. The Bertz CT molecular complexity index is 1130. The minimum atomic E-state index is -0.150. The molecule has 0 unspecified atom stereocenters. The zero-order chi connectivity index (χ0) is 20.9. The predicted molar refractivity (Wildman–Crippen MR) is 115 cm³/mol. The number of hydrogen-bond donors (Lipinski definition) is 2. The molecule has 1 amide bonds. The van der Waals surface area contributed by atoms with Crippen molar-refractivity contribution in [2.75, 3.05) is 18.4 Å². The lowest BCUT2D eigenvalue weighted by Crippen LogP contribution is -2.29. The van der Waals surface area contributed by atoms with Gasteiger partial charge in [-0.15, -0.1) is 0 Å². The molecule has 4 rings (SSSR count). The number of rotatable bonds is 7. The van der Waals surface area contributed by atoms with Gasteiger partial charge >= 0.3 is 0 Å². The zero-order valence-electron chi connectivity index (χ0n) is 16.9. The monoisotopic (exact) mass is 401 g/mol. The van der Waals surface area contributed by atoms with Crippen LogP contribution in [0, 0.1) is 13.8 Å². The third-order valence-electron chi connectivity index (χ3n) is 4.67. The number of nitrogens with zero attached hydrogens (tertiary/aromatic N) is 5. The molecule has 2 N–H and O–H groups in total. The van der Waals surface area contributed by atoms with E-state index in [0.717, 1.165) is 17.2 Å². The van der Waals surface area contributed by atoms with Crippen LogP contribution in [0.4, 0.5) is 5.82 Å². The molecule has 0 aliphatic carbocycles. The molecule has 3 heterocycles. The van der Waals surface area contributed by atoms with Gasteiger partial charge in [-0.1, -0.05) is 18.2 Å². The molecular formula is C22H23N7O. The van der Waals surface area contributed by atoms with Crippen LogP contribution in [0.5, 0.6) is 0 Å². The van der Waals surface area contributed by atoms with Gasteiger partial charge in [-0.3, -0.25) is 4.79 Å². The smallest absolute Gasteiger partial charge is 0.254 e. The number of nitrogens with one attached hydrogen (secondary N) is 2. The average Bonchev–Trinajstić information content (AvgIpc) is 3.41. The van der Waals surface area contributed by atoms with Crippen LogP contribution in [0.1, 0.15) is 21.9 Å². The number of aryl methyl sites for hydroxylation is 1. The zero-order valence-corrected chi connectivity index (χ0v) is 16.9. The second-order valence-corrected chi connectivity index (χ2v) is 6.82. The highest BCUT2D eigenvalue weighted by Gasteiger charge is 2.14. The van der Waals surface area contributed by atoms with E-state index in [2.05, 4.69) is 25.7 Å². The number of anilines is 1. The van der Waals surface area contributed by atoms with Crippen LogP contribution in [0.15, 0.2) is 67.1 Å². The van der Waals surface area contributed by atoms with E-state index in [1.165, 1.54) is 0 Å². The maximum absolute atomic E-state index is 12.6. The van der Waals surface area contributed by atoms with Gasteiger partial charge in [0.15, 0.2) is 0 Å². The summed E-state index contributed by atoms with van der Waals surface area (Å²) in [6.45, 7) is 4.74. The molecule has 0 atom stereocenters. The fourth-order valence-electron chi connectivity index (χ4n) is 3.19. The molecule has 0 saturated heterocycles. The van der Waals surface area contributed by atoms with Crippen molar-refractivity contribution in [1.82, 2.24) is 29.6 Å². The van der Waals surface area contributed by atoms with Crippen molar-refractivity contribution in [3.05, 3.63) is 84.2 Å². The maximum atomic E-state index is 12.6. The van der Waals surface area contributed by atoms with Crippen molar-refractivity contribution in [2.24, 2.45) is 0 Å². The summed E-state index contributed by atoms with van der Waals surface area (Å²) in [5.41, 5.74) is 2.29. The molecule has 8 heteroatoms. The fourth-order valence-corrected chi connectivity index (χ4v) is 3.19. The predicted octanol–water partition coefficient (Wildman–Crippen LogP) is 2.91. The number of hydrogen-bond acceptors (Lipinski definition) is 5. The van der Waals surface area contributed by atoms with E-state index in [0.29, 0.717) is 30.3 Å². The Morgan fingerprint density at radius 2 is 1.77 bits per heavy atom. The molecule has 4 aromatic rings. The highest BCUT2D eigenvalue weighted by atomic mass is 16.1. The number of amides is 1. The van der Waals surface area contributed by atoms with Crippen molar-refractivity contribution in [3.8, 4) is 11.5 Å². The molecule has 0 aliphatic heterocycles. The lowest BCUT2D eigenvalue weighted by Gasteiger charge is -2.10. The van der Waals surface area contributed by atoms with E-state index in [1.807, 2.05) is 79.3 Å². The topological polar surface area (TPSA) is 89.7 Å².